The molecule has 0 bridgehead atoms. The van der Waals surface area contributed by atoms with Crippen LogP contribution in [0.25, 0.3) is 0 Å². The SMILES string of the molecule is Cl.N[C@H](c1ccsc1)c1cc(Br)ccc1Cl. The van der Waals surface area contributed by atoms with Crippen LogP contribution in [0.3, 0.4) is 0 Å². The molecule has 0 fully saturated rings. The van der Waals surface area contributed by atoms with Crippen molar-refractivity contribution in [1.29, 1.82) is 0 Å². The Hall–Kier alpha value is -0.0600. The maximum atomic E-state index is 6.13. The van der Waals surface area contributed by atoms with Crippen molar-refractivity contribution in [2.24, 2.45) is 5.73 Å². The zero-order valence-corrected chi connectivity index (χ0v) is 12.2. The molecule has 1 aromatic heterocycles. The number of halogens is 3. The molecule has 2 aromatic rings. The maximum absolute atomic E-state index is 6.13. The molecule has 0 radical (unpaired) electrons. The lowest BCUT2D eigenvalue weighted by atomic mass is 10.0. The van der Waals surface area contributed by atoms with E-state index >= 15 is 0 Å². The number of hydrogen-bond acceptors (Lipinski definition) is 2. The summed E-state index contributed by atoms with van der Waals surface area (Å²) in [6.45, 7) is 0. The van der Waals surface area contributed by atoms with Crippen LogP contribution in [0.2, 0.25) is 5.02 Å². The van der Waals surface area contributed by atoms with Crippen LogP contribution in [0, 0.1) is 0 Å². The molecular formula is C11H10BrCl2NS. The van der Waals surface area contributed by atoms with E-state index in [2.05, 4.69) is 15.9 Å². The molecule has 86 valence electrons. The highest BCUT2D eigenvalue weighted by Gasteiger charge is 2.12. The summed E-state index contributed by atoms with van der Waals surface area (Å²) in [5.41, 5.74) is 8.18. The minimum absolute atomic E-state index is 0. The molecule has 0 saturated carbocycles. The Morgan fingerprint density at radius 3 is 2.69 bits per heavy atom. The summed E-state index contributed by atoms with van der Waals surface area (Å²) in [5.74, 6) is 0. The highest BCUT2D eigenvalue weighted by atomic mass is 79.9. The Labute approximate surface area is 118 Å². The highest BCUT2D eigenvalue weighted by Crippen LogP contribution is 2.29. The van der Waals surface area contributed by atoms with Gasteiger partial charge >= 0.3 is 0 Å². The lowest BCUT2D eigenvalue weighted by Gasteiger charge is -2.12. The van der Waals surface area contributed by atoms with Crippen molar-refractivity contribution < 1.29 is 0 Å². The van der Waals surface area contributed by atoms with Crippen molar-refractivity contribution in [1.82, 2.24) is 0 Å². The fourth-order valence-corrected chi connectivity index (χ4v) is 2.69. The third kappa shape index (κ3) is 2.99. The second kappa shape index (κ2) is 6.03. The van der Waals surface area contributed by atoms with Gasteiger partial charge in [-0.25, -0.2) is 0 Å². The van der Waals surface area contributed by atoms with Gasteiger partial charge in [0.1, 0.15) is 0 Å². The normalized spacial score (nSPS) is 11.9. The van der Waals surface area contributed by atoms with Gasteiger partial charge in [-0.05, 0) is 46.2 Å². The lowest BCUT2D eigenvalue weighted by molar-refractivity contribution is 0.876. The molecule has 1 aromatic carbocycles. The van der Waals surface area contributed by atoms with Gasteiger partial charge in [0.05, 0.1) is 6.04 Å². The van der Waals surface area contributed by atoms with E-state index < -0.39 is 0 Å². The van der Waals surface area contributed by atoms with Gasteiger partial charge in [0, 0.05) is 9.50 Å². The molecule has 0 amide bonds. The van der Waals surface area contributed by atoms with E-state index in [1.54, 1.807) is 11.3 Å². The van der Waals surface area contributed by atoms with Crippen LogP contribution in [0.1, 0.15) is 17.2 Å². The largest absolute Gasteiger partial charge is 0.320 e. The summed E-state index contributed by atoms with van der Waals surface area (Å²) < 4.78 is 0.993. The number of rotatable bonds is 2. The molecule has 0 unspecified atom stereocenters. The molecular weight excluding hydrogens is 329 g/mol. The van der Waals surface area contributed by atoms with Crippen molar-refractivity contribution in [2.45, 2.75) is 6.04 Å². The van der Waals surface area contributed by atoms with Crippen LogP contribution >= 0.6 is 51.3 Å². The zero-order chi connectivity index (χ0) is 10.8. The fourth-order valence-electron chi connectivity index (χ4n) is 1.38. The van der Waals surface area contributed by atoms with Crippen molar-refractivity contribution in [3.05, 3.63) is 55.6 Å². The predicted molar refractivity (Wildman–Crippen MR) is 76.7 cm³/mol. The van der Waals surface area contributed by atoms with Gasteiger partial charge in [0.25, 0.3) is 0 Å². The minimum Gasteiger partial charge on any atom is -0.320 e. The first-order valence-electron chi connectivity index (χ1n) is 4.41. The first-order valence-corrected chi connectivity index (χ1v) is 6.52. The molecule has 1 heterocycles. The molecule has 2 rings (SSSR count). The Morgan fingerprint density at radius 1 is 1.31 bits per heavy atom. The second-order valence-corrected chi connectivity index (χ2v) is 5.30. The Balaban J connectivity index is 0.00000128. The van der Waals surface area contributed by atoms with E-state index in [1.807, 2.05) is 35.0 Å². The minimum atomic E-state index is -0.152. The van der Waals surface area contributed by atoms with Gasteiger partial charge in [-0.3, -0.25) is 0 Å². The summed E-state index contributed by atoms with van der Waals surface area (Å²) in [6.07, 6.45) is 0. The number of hydrogen-bond donors (Lipinski definition) is 1. The molecule has 0 spiro atoms. The smallest absolute Gasteiger partial charge is 0.0575 e. The summed E-state index contributed by atoms with van der Waals surface area (Å²) in [7, 11) is 0. The van der Waals surface area contributed by atoms with Crippen LogP contribution in [0.4, 0.5) is 0 Å². The molecule has 0 aliphatic carbocycles. The van der Waals surface area contributed by atoms with Crippen LogP contribution in [0.5, 0.6) is 0 Å². The van der Waals surface area contributed by atoms with Crippen molar-refractivity contribution in [2.75, 3.05) is 0 Å². The topological polar surface area (TPSA) is 26.0 Å². The molecule has 0 aliphatic heterocycles. The average molecular weight is 339 g/mol. The molecule has 0 aliphatic rings. The van der Waals surface area contributed by atoms with Crippen LogP contribution < -0.4 is 5.73 Å². The molecule has 16 heavy (non-hydrogen) atoms. The summed E-state index contributed by atoms with van der Waals surface area (Å²) >= 11 is 11.2. The molecule has 5 heteroatoms. The fraction of sp³-hybridized carbons (Fsp3) is 0.0909. The van der Waals surface area contributed by atoms with Crippen LogP contribution in [-0.2, 0) is 0 Å². The summed E-state index contributed by atoms with van der Waals surface area (Å²) in [4.78, 5) is 0. The van der Waals surface area contributed by atoms with Gasteiger partial charge in [-0.2, -0.15) is 11.3 Å². The third-order valence-corrected chi connectivity index (χ3v) is 3.73. The Bertz CT molecular complexity index is 459. The molecule has 1 atom stereocenters. The van der Waals surface area contributed by atoms with Crippen molar-refractivity contribution in [3.63, 3.8) is 0 Å². The van der Waals surface area contributed by atoms with E-state index in [-0.39, 0.29) is 18.4 Å². The van der Waals surface area contributed by atoms with Crippen LogP contribution in [0.15, 0.2) is 39.5 Å². The van der Waals surface area contributed by atoms with Crippen LogP contribution in [-0.4, -0.2) is 0 Å². The standard InChI is InChI=1S/C11H9BrClNS.ClH/c12-8-1-2-10(13)9(5-8)11(14)7-3-4-15-6-7;/h1-6,11H,14H2;1H/t11-;/m1./s1. The molecule has 1 nitrogen and oxygen atoms in total. The first kappa shape index (κ1) is 14.0. The van der Waals surface area contributed by atoms with Crippen molar-refractivity contribution in [3.8, 4) is 0 Å². The average Bonchev–Trinajstić information content (AvgIpc) is 2.74. The lowest BCUT2D eigenvalue weighted by Crippen LogP contribution is -2.11. The van der Waals surface area contributed by atoms with Gasteiger partial charge in [-0.1, -0.05) is 27.5 Å². The van der Waals surface area contributed by atoms with E-state index in [1.165, 1.54) is 0 Å². The monoisotopic (exact) mass is 337 g/mol. The number of thiophene rings is 1. The molecule has 2 N–H and O–H groups in total. The van der Waals surface area contributed by atoms with Gasteiger partial charge in [-0.15, -0.1) is 12.4 Å². The highest BCUT2D eigenvalue weighted by molar-refractivity contribution is 9.10. The maximum Gasteiger partial charge on any atom is 0.0575 e. The predicted octanol–water partition coefficient (Wildman–Crippen LogP) is 4.63. The van der Waals surface area contributed by atoms with E-state index in [0.717, 1.165) is 15.6 Å². The quantitative estimate of drug-likeness (QED) is 0.848. The van der Waals surface area contributed by atoms with Gasteiger partial charge in [0.2, 0.25) is 0 Å². The van der Waals surface area contributed by atoms with Crippen molar-refractivity contribution >= 4 is 51.3 Å². The Morgan fingerprint density at radius 2 is 2.06 bits per heavy atom. The Kier molecular flexibility index (Phi) is 5.28. The first-order chi connectivity index (χ1) is 7.18. The summed E-state index contributed by atoms with van der Waals surface area (Å²) in [6, 6.07) is 7.60. The molecule has 0 saturated heterocycles. The number of nitrogens with two attached hydrogens (primary N) is 1. The number of benzene rings is 1. The zero-order valence-electron chi connectivity index (χ0n) is 8.19. The third-order valence-electron chi connectivity index (χ3n) is 2.20. The summed E-state index contributed by atoms with van der Waals surface area (Å²) in [5, 5.41) is 4.76. The van der Waals surface area contributed by atoms with E-state index in [4.69, 9.17) is 17.3 Å². The van der Waals surface area contributed by atoms with Gasteiger partial charge < -0.3 is 5.73 Å². The second-order valence-electron chi connectivity index (χ2n) is 3.20. The van der Waals surface area contributed by atoms with Gasteiger partial charge in [0.15, 0.2) is 0 Å². The van der Waals surface area contributed by atoms with E-state index in [9.17, 15) is 0 Å². The van der Waals surface area contributed by atoms with E-state index in [0.29, 0.717) is 5.02 Å².